The van der Waals surface area contributed by atoms with Crippen LogP contribution in [0.3, 0.4) is 0 Å². The van der Waals surface area contributed by atoms with E-state index in [1.807, 2.05) is 12.1 Å². The molecule has 0 aromatic carbocycles. The highest BCUT2D eigenvalue weighted by molar-refractivity contribution is 5.92. The monoisotopic (exact) mass is 305 g/mol. The molecule has 1 amide bonds. The summed E-state index contributed by atoms with van der Waals surface area (Å²) >= 11 is 0. The standard InChI is InChI=1S/C16H23N3O3/c1-16(11-17,12-21-2)18-15(20)14-7-6-13(22-14)10-19-8-4-3-5-9-19/h6-7H,3-5,8-10,12H2,1-2H3,(H,18,20). The third-order valence-corrected chi connectivity index (χ3v) is 3.78. The van der Waals surface area contributed by atoms with Crippen molar-refractivity contribution in [1.82, 2.24) is 10.2 Å². The number of piperidine rings is 1. The number of nitriles is 1. The van der Waals surface area contributed by atoms with Gasteiger partial charge in [-0.15, -0.1) is 0 Å². The number of methoxy groups -OCH3 is 1. The van der Waals surface area contributed by atoms with Crippen LogP contribution in [0.15, 0.2) is 16.5 Å². The lowest BCUT2D eigenvalue weighted by atomic mass is 10.1. The van der Waals surface area contributed by atoms with Gasteiger partial charge in [0.1, 0.15) is 11.3 Å². The maximum atomic E-state index is 12.2. The van der Waals surface area contributed by atoms with E-state index in [4.69, 9.17) is 14.4 Å². The van der Waals surface area contributed by atoms with E-state index < -0.39 is 11.4 Å². The fraction of sp³-hybridized carbons (Fsp3) is 0.625. The summed E-state index contributed by atoms with van der Waals surface area (Å²) < 4.78 is 10.6. The van der Waals surface area contributed by atoms with Gasteiger partial charge in [-0.25, -0.2) is 0 Å². The lowest BCUT2D eigenvalue weighted by Gasteiger charge is -2.25. The van der Waals surface area contributed by atoms with Crippen molar-refractivity contribution >= 4 is 5.91 Å². The number of amides is 1. The molecular formula is C16H23N3O3. The average Bonchev–Trinajstić information content (AvgIpc) is 2.97. The Balaban J connectivity index is 1.95. The summed E-state index contributed by atoms with van der Waals surface area (Å²) in [6.45, 7) is 4.61. The van der Waals surface area contributed by atoms with Crippen molar-refractivity contribution in [3.05, 3.63) is 23.7 Å². The van der Waals surface area contributed by atoms with Crippen molar-refractivity contribution < 1.29 is 13.9 Å². The summed E-state index contributed by atoms with van der Waals surface area (Å²) in [6, 6.07) is 5.52. The van der Waals surface area contributed by atoms with Crippen molar-refractivity contribution in [2.75, 3.05) is 26.8 Å². The number of carbonyl (C=O) groups excluding carboxylic acids is 1. The summed E-state index contributed by atoms with van der Waals surface area (Å²) in [5.41, 5.74) is -1.06. The van der Waals surface area contributed by atoms with Crippen LogP contribution in [-0.2, 0) is 11.3 Å². The Hall–Kier alpha value is -1.84. The van der Waals surface area contributed by atoms with Crippen LogP contribution in [0.2, 0.25) is 0 Å². The molecule has 1 atom stereocenters. The summed E-state index contributed by atoms with van der Waals surface area (Å²) in [5, 5.41) is 11.8. The van der Waals surface area contributed by atoms with Crippen LogP contribution in [0.4, 0.5) is 0 Å². The predicted molar refractivity (Wildman–Crippen MR) is 81.2 cm³/mol. The van der Waals surface area contributed by atoms with Crippen molar-refractivity contribution in [3.63, 3.8) is 0 Å². The van der Waals surface area contributed by atoms with Crippen LogP contribution in [0.1, 0.15) is 42.5 Å². The van der Waals surface area contributed by atoms with Crippen molar-refractivity contribution in [2.24, 2.45) is 0 Å². The van der Waals surface area contributed by atoms with Crippen LogP contribution in [-0.4, -0.2) is 43.2 Å². The molecule has 1 aliphatic rings. The molecule has 0 saturated carbocycles. The number of carbonyl (C=O) groups is 1. The molecule has 0 bridgehead atoms. The van der Waals surface area contributed by atoms with E-state index in [1.54, 1.807) is 13.0 Å². The molecule has 2 heterocycles. The third-order valence-electron chi connectivity index (χ3n) is 3.78. The van der Waals surface area contributed by atoms with Gasteiger partial charge in [-0.1, -0.05) is 6.42 Å². The molecule has 1 aliphatic heterocycles. The number of ether oxygens (including phenoxy) is 1. The Kier molecular flexibility index (Phi) is 5.58. The van der Waals surface area contributed by atoms with Gasteiger partial charge in [0.2, 0.25) is 0 Å². The molecular weight excluding hydrogens is 282 g/mol. The zero-order valence-electron chi connectivity index (χ0n) is 13.2. The quantitative estimate of drug-likeness (QED) is 0.868. The van der Waals surface area contributed by atoms with Gasteiger partial charge >= 0.3 is 0 Å². The van der Waals surface area contributed by atoms with E-state index >= 15 is 0 Å². The predicted octanol–water partition coefficient (Wildman–Crippen LogP) is 1.92. The number of rotatable bonds is 6. The second-order valence-electron chi connectivity index (χ2n) is 5.93. The number of nitrogens with one attached hydrogen (secondary N) is 1. The smallest absolute Gasteiger partial charge is 0.288 e. The number of nitrogens with zero attached hydrogens (tertiary/aromatic N) is 2. The Morgan fingerprint density at radius 3 is 2.82 bits per heavy atom. The molecule has 1 saturated heterocycles. The minimum Gasteiger partial charge on any atom is -0.455 e. The molecule has 6 heteroatoms. The summed E-state index contributed by atoms with van der Waals surface area (Å²) in [5.74, 6) is 0.605. The van der Waals surface area contributed by atoms with Gasteiger partial charge < -0.3 is 14.5 Å². The normalized spacial score (nSPS) is 18.4. The van der Waals surface area contributed by atoms with E-state index in [2.05, 4.69) is 10.2 Å². The highest BCUT2D eigenvalue weighted by Crippen LogP contribution is 2.16. The fourth-order valence-corrected chi connectivity index (χ4v) is 2.62. The first-order valence-corrected chi connectivity index (χ1v) is 7.60. The van der Waals surface area contributed by atoms with Gasteiger partial charge in [0.05, 0.1) is 19.2 Å². The van der Waals surface area contributed by atoms with E-state index in [-0.39, 0.29) is 12.4 Å². The van der Waals surface area contributed by atoms with Gasteiger partial charge in [0.25, 0.3) is 5.91 Å². The molecule has 120 valence electrons. The molecule has 0 aliphatic carbocycles. The molecule has 1 aromatic heterocycles. The maximum Gasteiger partial charge on any atom is 0.288 e. The highest BCUT2D eigenvalue weighted by atomic mass is 16.5. The topological polar surface area (TPSA) is 78.5 Å². The van der Waals surface area contributed by atoms with Crippen molar-refractivity contribution in [3.8, 4) is 6.07 Å². The largest absolute Gasteiger partial charge is 0.455 e. The number of furan rings is 1. The van der Waals surface area contributed by atoms with Gasteiger partial charge in [0, 0.05) is 7.11 Å². The van der Waals surface area contributed by atoms with Crippen LogP contribution in [0.25, 0.3) is 0 Å². The first kappa shape index (κ1) is 16.5. The Labute approximate surface area is 131 Å². The summed E-state index contributed by atoms with van der Waals surface area (Å²) in [4.78, 5) is 14.5. The van der Waals surface area contributed by atoms with Crippen LogP contribution in [0.5, 0.6) is 0 Å². The van der Waals surface area contributed by atoms with E-state index in [0.717, 1.165) is 25.4 Å². The Morgan fingerprint density at radius 1 is 1.45 bits per heavy atom. The number of hydrogen-bond donors (Lipinski definition) is 1. The lowest BCUT2D eigenvalue weighted by Crippen LogP contribution is -2.48. The molecule has 2 rings (SSSR count). The zero-order chi connectivity index (χ0) is 16.0. The second kappa shape index (κ2) is 7.43. The molecule has 1 N–H and O–H groups in total. The first-order chi connectivity index (χ1) is 10.6. The minimum atomic E-state index is -1.06. The molecule has 0 spiro atoms. The van der Waals surface area contributed by atoms with E-state index in [1.165, 1.54) is 26.4 Å². The number of hydrogen-bond acceptors (Lipinski definition) is 5. The second-order valence-corrected chi connectivity index (χ2v) is 5.93. The molecule has 1 fully saturated rings. The molecule has 1 unspecified atom stereocenters. The first-order valence-electron chi connectivity index (χ1n) is 7.60. The highest BCUT2D eigenvalue weighted by Gasteiger charge is 2.28. The van der Waals surface area contributed by atoms with E-state index in [9.17, 15) is 4.79 Å². The number of likely N-dealkylation sites (tertiary alicyclic amines) is 1. The average molecular weight is 305 g/mol. The van der Waals surface area contributed by atoms with Gasteiger partial charge in [-0.2, -0.15) is 5.26 Å². The Morgan fingerprint density at radius 2 is 2.18 bits per heavy atom. The Bertz CT molecular complexity index is 543. The van der Waals surface area contributed by atoms with Gasteiger partial charge in [-0.05, 0) is 45.0 Å². The van der Waals surface area contributed by atoms with Crippen molar-refractivity contribution in [2.45, 2.75) is 38.3 Å². The summed E-state index contributed by atoms with van der Waals surface area (Å²) in [6.07, 6.45) is 3.71. The van der Waals surface area contributed by atoms with Crippen molar-refractivity contribution in [1.29, 1.82) is 5.26 Å². The van der Waals surface area contributed by atoms with Crippen LogP contribution >= 0.6 is 0 Å². The zero-order valence-corrected chi connectivity index (χ0v) is 13.2. The SMILES string of the molecule is COCC(C)(C#N)NC(=O)c1ccc(CN2CCCCC2)o1. The van der Waals surface area contributed by atoms with E-state index in [0.29, 0.717) is 0 Å². The molecule has 6 nitrogen and oxygen atoms in total. The summed E-state index contributed by atoms with van der Waals surface area (Å²) in [7, 11) is 1.49. The molecule has 1 aromatic rings. The molecule has 22 heavy (non-hydrogen) atoms. The lowest BCUT2D eigenvalue weighted by molar-refractivity contribution is 0.0829. The maximum absolute atomic E-state index is 12.2. The third kappa shape index (κ3) is 4.33. The minimum absolute atomic E-state index is 0.122. The van der Waals surface area contributed by atoms with Gasteiger partial charge in [-0.3, -0.25) is 9.69 Å². The molecule has 0 radical (unpaired) electrons. The van der Waals surface area contributed by atoms with Gasteiger partial charge in [0.15, 0.2) is 5.76 Å². The fourth-order valence-electron chi connectivity index (χ4n) is 2.62. The van der Waals surface area contributed by atoms with Crippen LogP contribution in [0, 0.1) is 11.3 Å². The van der Waals surface area contributed by atoms with Crippen LogP contribution < -0.4 is 5.32 Å².